The summed E-state index contributed by atoms with van der Waals surface area (Å²) < 4.78 is 5.85. The van der Waals surface area contributed by atoms with Crippen molar-refractivity contribution in [3.63, 3.8) is 0 Å². The van der Waals surface area contributed by atoms with E-state index in [0.717, 1.165) is 35.8 Å². The van der Waals surface area contributed by atoms with Gasteiger partial charge in [0.25, 0.3) is 6.20 Å². The lowest BCUT2D eigenvalue weighted by Gasteiger charge is -2.11. The first kappa shape index (κ1) is 17.7. The van der Waals surface area contributed by atoms with Crippen molar-refractivity contribution in [1.29, 1.82) is 0 Å². The van der Waals surface area contributed by atoms with E-state index < -0.39 is 4.92 Å². The molecule has 128 valence electrons. The summed E-state index contributed by atoms with van der Waals surface area (Å²) >= 11 is 1.74. The summed E-state index contributed by atoms with van der Waals surface area (Å²) in [5.74, 6) is 4.10. The molecular formula is C15H24N4O3S. The van der Waals surface area contributed by atoms with Crippen LogP contribution in [0.4, 0.5) is 0 Å². The van der Waals surface area contributed by atoms with Crippen molar-refractivity contribution in [3.8, 4) is 0 Å². The smallest absolute Gasteiger partial charge is 0.274 e. The van der Waals surface area contributed by atoms with Gasteiger partial charge in [0.05, 0.1) is 17.2 Å². The molecule has 23 heavy (non-hydrogen) atoms. The molecule has 0 aromatic carbocycles. The first-order chi connectivity index (χ1) is 11.2. The third kappa shape index (κ3) is 6.54. The molecule has 0 unspecified atom stereocenters. The monoisotopic (exact) mass is 340 g/mol. The van der Waals surface area contributed by atoms with Gasteiger partial charge in [0, 0.05) is 19.3 Å². The number of nitrogens with one attached hydrogen (secondary N) is 2. The van der Waals surface area contributed by atoms with E-state index in [-0.39, 0.29) is 0 Å². The Kier molecular flexibility index (Phi) is 7.28. The predicted molar refractivity (Wildman–Crippen MR) is 91.5 cm³/mol. The molecule has 0 aliphatic carbocycles. The van der Waals surface area contributed by atoms with Crippen molar-refractivity contribution in [2.24, 2.45) is 0 Å². The van der Waals surface area contributed by atoms with E-state index in [9.17, 15) is 10.1 Å². The Bertz CT molecular complexity index is 527. The molecule has 1 aromatic heterocycles. The van der Waals surface area contributed by atoms with E-state index in [1.54, 1.807) is 18.8 Å². The normalized spacial score (nSPS) is 15.8. The largest absolute Gasteiger partial charge is 0.464 e. The fourth-order valence-electron chi connectivity index (χ4n) is 2.48. The molecule has 0 saturated carbocycles. The highest BCUT2D eigenvalue weighted by Gasteiger charge is 2.13. The summed E-state index contributed by atoms with van der Waals surface area (Å²) in [6, 6.07) is 4.10. The van der Waals surface area contributed by atoms with E-state index in [4.69, 9.17) is 4.42 Å². The summed E-state index contributed by atoms with van der Waals surface area (Å²) in [4.78, 5) is 12.3. The second-order valence-corrected chi connectivity index (χ2v) is 6.51. The van der Waals surface area contributed by atoms with E-state index in [1.807, 2.05) is 6.07 Å². The number of hydrogen-bond donors (Lipinski definition) is 2. The van der Waals surface area contributed by atoms with Crippen molar-refractivity contribution < 1.29 is 9.34 Å². The van der Waals surface area contributed by atoms with Gasteiger partial charge < -0.3 is 15.1 Å². The Hall–Kier alpha value is -1.67. The zero-order chi connectivity index (χ0) is 16.5. The van der Waals surface area contributed by atoms with Crippen LogP contribution < -0.4 is 10.6 Å². The lowest BCUT2D eigenvalue weighted by molar-refractivity contribution is -0.404. The van der Waals surface area contributed by atoms with Crippen molar-refractivity contribution >= 4 is 11.8 Å². The number of nitro groups is 1. The van der Waals surface area contributed by atoms with E-state index in [2.05, 4.69) is 21.6 Å². The second kappa shape index (κ2) is 9.46. The van der Waals surface area contributed by atoms with Gasteiger partial charge in [-0.05, 0) is 38.1 Å². The van der Waals surface area contributed by atoms with Gasteiger partial charge in [0.1, 0.15) is 11.5 Å². The van der Waals surface area contributed by atoms with E-state index in [1.165, 1.54) is 25.9 Å². The highest BCUT2D eigenvalue weighted by molar-refractivity contribution is 7.98. The summed E-state index contributed by atoms with van der Waals surface area (Å²) in [5, 5.41) is 16.1. The number of hydrogen-bond acceptors (Lipinski definition) is 7. The first-order valence-electron chi connectivity index (χ1n) is 7.82. The Balaban J connectivity index is 1.62. The van der Waals surface area contributed by atoms with Crippen LogP contribution in [0.15, 0.2) is 28.6 Å². The van der Waals surface area contributed by atoms with Crippen LogP contribution in [0.2, 0.25) is 0 Å². The van der Waals surface area contributed by atoms with Crippen LogP contribution in [0.3, 0.4) is 0 Å². The minimum Gasteiger partial charge on any atom is -0.464 e. The van der Waals surface area contributed by atoms with E-state index in [0.29, 0.717) is 12.4 Å². The molecule has 8 heteroatoms. The van der Waals surface area contributed by atoms with Crippen LogP contribution in [-0.2, 0) is 12.3 Å². The molecule has 1 aromatic rings. The number of nitrogens with zero attached hydrogens (tertiary/aromatic N) is 2. The maximum atomic E-state index is 10.4. The Morgan fingerprint density at radius 2 is 2.17 bits per heavy atom. The number of likely N-dealkylation sites (tertiary alicyclic amines) is 1. The lowest BCUT2D eigenvalue weighted by atomic mass is 10.4. The van der Waals surface area contributed by atoms with Gasteiger partial charge in [-0.2, -0.15) is 11.8 Å². The number of rotatable bonds is 10. The van der Waals surface area contributed by atoms with Crippen molar-refractivity contribution in [1.82, 2.24) is 15.5 Å². The summed E-state index contributed by atoms with van der Waals surface area (Å²) in [5.41, 5.74) is 0. The molecule has 0 spiro atoms. The molecule has 2 rings (SSSR count). The maximum Gasteiger partial charge on any atom is 0.274 e. The molecule has 2 N–H and O–H groups in total. The third-order valence-electron chi connectivity index (χ3n) is 3.61. The summed E-state index contributed by atoms with van der Waals surface area (Å²) in [6.45, 7) is 3.90. The maximum absolute atomic E-state index is 10.4. The standard InChI is InChI=1S/C15H24N4O3S/c1-16-15(11-19(20)21)17-6-9-23-12-14-5-4-13(22-14)10-18-7-2-3-8-18/h4-5,11,16-17H,2-3,6-10,12H2,1H3/b15-11-. The molecule has 0 bridgehead atoms. The van der Waals surface area contributed by atoms with Crippen LogP contribution in [0.25, 0.3) is 0 Å². The van der Waals surface area contributed by atoms with Crippen molar-refractivity contribution in [2.75, 3.05) is 32.4 Å². The average molecular weight is 340 g/mol. The van der Waals surface area contributed by atoms with Crippen molar-refractivity contribution in [2.45, 2.75) is 25.1 Å². The van der Waals surface area contributed by atoms with Crippen LogP contribution >= 0.6 is 11.8 Å². The highest BCUT2D eigenvalue weighted by atomic mass is 32.2. The molecule has 0 radical (unpaired) electrons. The quantitative estimate of drug-likeness (QED) is 0.383. The van der Waals surface area contributed by atoms with Crippen molar-refractivity contribution in [3.05, 3.63) is 45.8 Å². The minimum absolute atomic E-state index is 0.418. The highest BCUT2D eigenvalue weighted by Crippen LogP contribution is 2.18. The number of furan rings is 1. The van der Waals surface area contributed by atoms with Gasteiger partial charge in [0.2, 0.25) is 0 Å². The zero-order valence-electron chi connectivity index (χ0n) is 13.4. The molecule has 0 atom stereocenters. The summed E-state index contributed by atoms with van der Waals surface area (Å²) in [6.07, 6.45) is 3.51. The number of thioether (sulfide) groups is 1. The Morgan fingerprint density at radius 1 is 1.43 bits per heavy atom. The Morgan fingerprint density at radius 3 is 2.87 bits per heavy atom. The van der Waals surface area contributed by atoms with Crippen LogP contribution in [0.1, 0.15) is 24.4 Å². The average Bonchev–Trinajstić information content (AvgIpc) is 3.18. The van der Waals surface area contributed by atoms with Crippen LogP contribution in [0.5, 0.6) is 0 Å². The Labute approximate surface area is 140 Å². The van der Waals surface area contributed by atoms with Gasteiger partial charge in [-0.25, -0.2) is 0 Å². The molecule has 1 aliphatic heterocycles. The fraction of sp³-hybridized carbons (Fsp3) is 0.600. The third-order valence-corrected chi connectivity index (χ3v) is 4.59. The van der Waals surface area contributed by atoms with Gasteiger partial charge in [-0.3, -0.25) is 15.0 Å². The minimum atomic E-state index is -0.475. The zero-order valence-corrected chi connectivity index (χ0v) is 14.2. The second-order valence-electron chi connectivity index (χ2n) is 5.41. The first-order valence-corrected chi connectivity index (χ1v) is 8.97. The van der Waals surface area contributed by atoms with Crippen LogP contribution in [-0.4, -0.2) is 42.3 Å². The lowest BCUT2D eigenvalue weighted by Crippen LogP contribution is -2.26. The molecule has 1 fully saturated rings. The van der Waals surface area contributed by atoms with Gasteiger partial charge >= 0.3 is 0 Å². The summed E-state index contributed by atoms with van der Waals surface area (Å²) in [7, 11) is 1.65. The topological polar surface area (TPSA) is 83.6 Å². The molecule has 2 heterocycles. The van der Waals surface area contributed by atoms with Gasteiger partial charge in [0.15, 0.2) is 5.82 Å². The van der Waals surface area contributed by atoms with E-state index >= 15 is 0 Å². The molecule has 1 aliphatic rings. The van der Waals surface area contributed by atoms with Crippen LogP contribution in [0, 0.1) is 10.1 Å². The SMILES string of the molecule is CN/C(=C/[N+](=O)[O-])NCCSCc1ccc(CN2CCCC2)o1. The van der Waals surface area contributed by atoms with Gasteiger partial charge in [-0.15, -0.1) is 0 Å². The predicted octanol–water partition coefficient (Wildman–Crippen LogP) is 1.99. The molecule has 0 amide bonds. The molecule has 7 nitrogen and oxygen atoms in total. The molecular weight excluding hydrogens is 316 g/mol. The van der Waals surface area contributed by atoms with Gasteiger partial charge in [-0.1, -0.05) is 0 Å². The fourth-order valence-corrected chi connectivity index (χ4v) is 3.23. The molecule has 1 saturated heterocycles.